The van der Waals surface area contributed by atoms with Crippen molar-refractivity contribution in [3.05, 3.63) is 36.2 Å². The number of benzene rings is 1. The summed E-state index contributed by atoms with van der Waals surface area (Å²) in [5.41, 5.74) is 1.29. The van der Waals surface area contributed by atoms with E-state index in [1.807, 2.05) is 0 Å². The summed E-state index contributed by atoms with van der Waals surface area (Å²) in [6.07, 6.45) is 9.93. The minimum Gasteiger partial charge on any atom is -0.493 e. The molecule has 8 nitrogen and oxygen atoms in total. The van der Waals surface area contributed by atoms with Gasteiger partial charge in [-0.2, -0.15) is 0 Å². The molecular formula is C21H26N4O4. The molecule has 0 spiro atoms. The lowest BCUT2D eigenvalue weighted by Crippen LogP contribution is -2.30. The topological polar surface area (TPSA) is 85.8 Å². The van der Waals surface area contributed by atoms with Gasteiger partial charge in [-0.1, -0.05) is 0 Å². The fourth-order valence-corrected chi connectivity index (χ4v) is 3.20. The van der Waals surface area contributed by atoms with E-state index in [2.05, 4.69) is 20.2 Å². The van der Waals surface area contributed by atoms with E-state index in [-0.39, 0.29) is 5.91 Å². The molecule has 1 saturated heterocycles. The van der Waals surface area contributed by atoms with Crippen LogP contribution in [0.5, 0.6) is 17.2 Å². The first-order valence-corrected chi connectivity index (χ1v) is 9.50. The Morgan fingerprint density at radius 3 is 2.17 bits per heavy atom. The van der Waals surface area contributed by atoms with Crippen LogP contribution < -0.4 is 24.4 Å². The van der Waals surface area contributed by atoms with Gasteiger partial charge in [0.25, 0.3) is 0 Å². The first kappa shape index (κ1) is 20.4. The van der Waals surface area contributed by atoms with Crippen LogP contribution in [0.15, 0.2) is 30.6 Å². The minimum atomic E-state index is -0.284. The van der Waals surface area contributed by atoms with Gasteiger partial charge in [0, 0.05) is 19.2 Å². The Balaban J connectivity index is 1.65. The van der Waals surface area contributed by atoms with E-state index in [0.717, 1.165) is 31.5 Å². The van der Waals surface area contributed by atoms with Crippen LogP contribution in [0.3, 0.4) is 0 Å². The average Bonchev–Trinajstić information content (AvgIpc) is 2.78. The number of amides is 1. The minimum absolute atomic E-state index is 0.284. The number of hydrogen-bond acceptors (Lipinski definition) is 7. The zero-order chi connectivity index (χ0) is 20.6. The second-order valence-corrected chi connectivity index (χ2v) is 6.60. The predicted octanol–water partition coefficient (Wildman–Crippen LogP) is 3.14. The highest BCUT2D eigenvalue weighted by molar-refractivity contribution is 6.01. The van der Waals surface area contributed by atoms with E-state index >= 15 is 0 Å². The first-order valence-electron chi connectivity index (χ1n) is 9.50. The van der Waals surface area contributed by atoms with Crippen molar-refractivity contribution in [3.63, 3.8) is 0 Å². The van der Waals surface area contributed by atoms with Gasteiger partial charge in [0.2, 0.25) is 17.6 Å². The summed E-state index contributed by atoms with van der Waals surface area (Å²) in [5, 5.41) is 2.77. The number of nitrogens with zero attached hydrogens (tertiary/aromatic N) is 3. The van der Waals surface area contributed by atoms with E-state index < -0.39 is 0 Å². The number of hydrogen-bond donors (Lipinski definition) is 1. The Hall–Kier alpha value is -3.29. The normalized spacial score (nSPS) is 14.0. The molecule has 2 heterocycles. The Morgan fingerprint density at radius 2 is 1.62 bits per heavy atom. The van der Waals surface area contributed by atoms with Gasteiger partial charge in [0.15, 0.2) is 11.5 Å². The van der Waals surface area contributed by atoms with Crippen LogP contribution in [0.2, 0.25) is 0 Å². The van der Waals surface area contributed by atoms with Gasteiger partial charge in [-0.05, 0) is 43.0 Å². The van der Waals surface area contributed by atoms with E-state index in [4.69, 9.17) is 14.2 Å². The lowest BCUT2D eigenvalue weighted by molar-refractivity contribution is -0.111. The number of anilines is 2. The molecule has 1 aromatic carbocycles. The molecule has 0 atom stereocenters. The van der Waals surface area contributed by atoms with Gasteiger partial charge in [-0.15, -0.1) is 0 Å². The summed E-state index contributed by atoms with van der Waals surface area (Å²) in [6.45, 7) is 1.95. The van der Waals surface area contributed by atoms with Crippen molar-refractivity contribution in [2.45, 2.75) is 19.3 Å². The molecule has 1 N–H and O–H groups in total. The largest absolute Gasteiger partial charge is 0.493 e. The molecular weight excluding hydrogens is 372 g/mol. The summed E-state index contributed by atoms with van der Waals surface area (Å²) in [6, 6.07) is 3.53. The van der Waals surface area contributed by atoms with Crippen LogP contribution >= 0.6 is 0 Å². The highest BCUT2D eigenvalue weighted by Crippen LogP contribution is 2.38. The lowest BCUT2D eigenvalue weighted by atomic mass is 10.1. The van der Waals surface area contributed by atoms with Crippen LogP contribution in [0, 0.1) is 0 Å². The Labute approximate surface area is 170 Å². The molecule has 2 aromatic rings. The molecule has 0 radical (unpaired) electrons. The quantitative estimate of drug-likeness (QED) is 0.717. The Kier molecular flexibility index (Phi) is 6.89. The third-order valence-corrected chi connectivity index (χ3v) is 4.66. The summed E-state index contributed by atoms with van der Waals surface area (Å²) in [5.74, 6) is 1.97. The summed E-state index contributed by atoms with van der Waals surface area (Å²) < 4.78 is 15.9. The van der Waals surface area contributed by atoms with Crippen molar-refractivity contribution in [1.82, 2.24) is 9.97 Å². The van der Waals surface area contributed by atoms with Crippen LogP contribution in [0.4, 0.5) is 11.6 Å². The second-order valence-electron chi connectivity index (χ2n) is 6.60. The van der Waals surface area contributed by atoms with Crippen LogP contribution in [-0.2, 0) is 4.79 Å². The molecule has 1 aliphatic rings. The van der Waals surface area contributed by atoms with Crippen LogP contribution in [0.1, 0.15) is 24.8 Å². The van der Waals surface area contributed by atoms with Gasteiger partial charge in [-0.25, -0.2) is 9.97 Å². The SMILES string of the molecule is COc1cc(/C=C/C(=O)Nc2cnc(N3CCCCC3)nc2)cc(OC)c1OC. The van der Waals surface area contributed by atoms with E-state index in [1.54, 1.807) is 51.9 Å². The van der Waals surface area contributed by atoms with Crippen molar-refractivity contribution in [1.29, 1.82) is 0 Å². The number of rotatable bonds is 7. The van der Waals surface area contributed by atoms with Crippen molar-refractivity contribution in [2.24, 2.45) is 0 Å². The monoisotopic (exact) mass is 398 g/mol. The van der Waals surface area contributed by atoms with Gasteiger partial charge in [-0.3, -0.25) is 4.79 Å². The van der Waals surface area contributed by atoms with Gasteiger partial charge >= 0.3 is 0 Å². The number of carbonyl (C=O) groups excluding carboxylic acids is 1. The first-order chi connectivity index (χ1) is 14.1. The summed E-state index contributed by atoms with van der Waals surface area (Å²) in [7, 11) is 4.64. The number of carbonyl (C=O) groups is 1. The van der Waals surface area contributed by atoms with Gasteiger partial charge < -0.3 is 24.4 Å². The maximum atomic E-state index is 12.3. The standard InChI is InChI=1S/C21H26N4O4/c1-27-17-11-15(12-18(28-2)20(17)29-3)7-8-19(26)24-16-13-22-21(23-14-16)25-9-5-4-6-10-25/h7-8,11-14H,4-6,9-10H2,1-3H3,(H,24,26)/b8-7+. The van der Waals surface area contributed by atoms with Gasteiger partial charge in [0.05, 0.1) is 39.4 Å². The van der Waals surface area contributed by atoms with Crippen LogP contribution in [0.25, 0.3) is 6.08 Å². The molecule has 1 aliphatic heterocycles. The highest BCUT2D eigenvalue weighted by Gasteiger charge is 2.14. The second kappa shape index (κ2) is 9.77. The van der Waals surface area contributed by atoms with Crippen molar-refractivity contribution < 1.29 is 19.0 Å². The fraction of sp³-hybridized carbons (Fsp3) is 0.381. The molecule has 0 bridgehead atoms. The summed E-state index contributed by atoms with van der Waals surface area (Å²) in [4.78, 5) is 23.2. The molecule has 1 fully saturated rings. The maximum absolute atomic E-state index is 12.3. The molecule has 1 amide bonds. The van der Waals surface area contributed by atoms with Crippen molar-refractivity contribution >= 4 is 23.6 Å². The van der Waals surface area contributed by atoms with Crippen molar-refractivity contribution in [3.8, 4) is 17.2 Å². The lowest BCUT2D eigenvalue weighted by Gasteiger charge is -2.26. The number of piperidine rings is 1. The number of methoxy groups -OCH3 is 3. The molecule has 154 valence electrons. The molecule has 3 rings (SSSR count). The zero-order valence-corrected chi connectivity index (χ0v) is 17.0. The molecule has 0 saturated carbocycles. The summed E-state index contributed by atoms with van der Waals surface area (Å²) >= 11 is 0. The maximum Gasteiger partial charge on any atom is 0.248 e. The van der Waals surface area contributed by atoms with Crippen LogP contribution in [-0.4, -0.2) is 50.3 Å². The zero-order valence-electron chi connectivity index (χ0n) is 17.0. The van der Waals surface area contributed by atoms with Crippen molar-refractivity contribution in [2.75, 3.05) is 44.6 Å². The van der Waals surface area contributed by atoms with Gasteiger partial charge in [0.1, 0.15) is 0 Å². The molecule has 1 aromatic heterocycles. The highest BCUT2D eigenvalue weighted by atomic mass is 16.5. The number of nitrogens with one attached hydrogen (secondary N) is 1. The molecule has 0 aliphatic carbocycles. The molecule has 8 heteroatoms. The van der Waals surface area contributed by atoms with E-state index in [9.17, 15) is 4.79 Å². The molecule has 29 heavy (non-hydrogen) atoms. The smallest absolute Gasteiger partial charge is 0.248 e. The third-order valence-electron chi connectivity index (χ3n) is 4.66. The number of aromatic nitrogens is 2. The van der Waals surface area contributed by atoms with E-state index in [1.165, 1.54) is 12.5 Å². The van der Waals surface area contributed by atoms with E-state index in [0.29, 0.717) is 28.9 Å². The predicted molar refractivity (Wildman–Crippen MR) is 112 cm³/mol. The Morgan fingerprint density at radius 1 is 1.00 bits per heavy atom. The fourth-order valence-electron chi connectivity index (χ4n) is 3.20. The number of ether oxygens (including phenoxy) is 3. The third kappa shape index (κ3) is 5.16. The average molecular weight is 398 g/mol. The Bertz CT molecular complexity index is 836. The molecule has 0 unspecified atom stereocenters.